The number of aryl methyl sites for hydroxylation is 1. The van der Waals surface area contributed by atoms with Crippen molar-refractivity contribution in [2.24, 2.45) is 0 Å². The van der Waals surface area contributed by atoms with Gasteiger partial charge < -0.3 is 19.3 Å². The highest BCUT2D eigenvalue weighted by atomic mass is 32.1. The van der Waals surface area contributed by atoms with E-state index in [1.54, 1.807) is 61.2 Å². The second-order valence-electron chi connectivity index (χ2n) is 10.2. The van der Waals surface area contributed by atoms with E-state index in [9.17, 15) is 14.7 Å². The van der Waals surface area contributed by atoms with E-state index in [0.29, 0.717) is 46.7 Å². The number of methoxy groups -OCH3 is 1. The van der Waals surface area contributed by atoms with Gasteiger partial charge in [-0.3, -0.25) is 14.5 Å². The van der Waals surface area contributed by atoms with Crippen LogP contribution in [-0.4, -0.2) is 35.5 Å². The third kappa shape index (κ3) is 6.41. The van der Waals surface area contributed by atoms with Crippen molar-refractivity contribution in [3.8, 4) is 17.2 Å². The first-order valence-corrected chi connectivity index (χ1v) is 15.1. The SMILES string of the molecule is CCCCCOc1ccc(C2/C(=C(\O)c3ccc(OCc4ccccc4C)cc3)C(=O)C(=O)N2c2nccs2)cc1OC. The Morgan fingerprint density at radius 2 is 1.79 bits per heavy atom. The summed E-state index contributed by atoms with van der Waals surface area (Å²) >= 11 is 1.23. The lowest BCUT2D eigenvalue weighted by atomic mass is 9.95. The predicted octanol–water partition coefficient (Wildman–Crippen LogP) is 7.23. The number of aliphatic hydroxyl groups excluding tert-OH is 1. The number of benzene rings is 3. The summed E-state index contributed by atoms with van der Waals surface area (Å²) in [5.41, 5.74) is 3.13. The summed E-state index contributed by atoms with van der Waals surface area (Å²) < 4.78 is 17.5. The summed E-state index contributed by atoms with van der Waals surface area (Å²) in [5.74, 6) is -0.204. The van der Waals surface area contributed by atoms with E-state index in [2.05, 4.69) is 11.9 Å². The lowest BCUT2D eigenvalue weighted by Gasteiger charge is -2.24. The smallest absolute Gasteiger partial charge is 0.301 e. The van der Waals surface area contributed by atoms with Crippen LogP contribution in [0.15, 0.2) is 83.9 Å². The lowest BCUT2D eigenvalue weighted by Crippen LogP contribution is -2.29. The first kappa shape index (κ1) is 29.8. The molecule has 222 valence electrons. The third-order valence-corrected chi connectivity index (χ3v) is 8.13. The fourth-order valence-corrected chi connectivity index (χ4v) is 5.65. The first-order chi connectivity index (χ1) is 20.9. The van der Waals surface area contributed by atoms with Crippen LogP contribution in [0.5, 0.6) is 17.2 Å². The Labute approximate surface area is 255 Å². The summed E-state index contributed by atoms with van der Waals surface area (Å²) in [6.07, 6.45) is 4.63. The van der Waals surface area contributed by atoms with Crippen molar-refractivity contribution in [1.29, 1.82) is 0 Å². The molecule has 1 atom stereocenters. The molecule has 5 rings (SSSR count). The predicted molar refractivity (Wildman–Crippen MR) is 167 cm³/mol. The molecule has 4 aromatic rings. The van der Waals surface area contributed by atoms with Gasteiger partial charge in [0.25, 0.3) is 5.78 Å². The molecule has 0 saturated carbocycles. The molecule has 1 fully saturated rings. The Hall–Kier alpha value is -4.63. The molecule has 2 heterocycles. The number of rotatable bonds is 12. The fourth-order valence-electron chi connectivity index (χ4n) is 4.99. The van der Waals surface area contributed by atoms with Crippen LogP contribution in [-0.2, 0) is 16.2 Å². The fraction of sp³-hybridized carbons (Fsp3) is 0.265. The van der Waals surface area contributed by atoms with Crippen molar-refractivity contribution < 1.29 is 28.9 Å². The van der Waals surface area contributed by atoms with Gasteiger partial charge in [0.1, 0.15) is 18.1 Å². The van der Waals surface area contributed by atoms with Crippen molar-refractivity contribution in [1.82, 2.24) is 4.98 Å². The van der Waals surface area contributed by atoms with Gasteiger partial charge in [0.05, 0.1) is 25.3 Å². The zero-order chi connectivity index (χ0) is 30.3. The average Bonchev–Trinajstić information content (AvgIpc) is 3.65. The number of thiazole rings is 1. The van der Waals surface area contributed by atoms with Crippen molar-refractivity contribution in [2.75, 3.05) is 18.6 Å². The number of unbranched alkanes of at least 4 members (excludes halogenated alkanes) is 2. The highest BCUT2D eigenvalue weighted by Gasteiger charge is 2.48. The second kappa shape index (κ2) is 13.6. The second-order valence-corrected chi connectivity index (χ2v) is 11.1. The molecular weight excluding hydrogens is 564 g/mol. The molecule has 8 nitrogen and oxygen atoms in total. The monoisotopic (exact) mass is 598 g/mol. The Balaban J connectivity index is 1.48. The van der Waals surface area contributed by atoms with E-state index < -0.39 is 17.7 Å². The number of amides is 1. The number of hydrogen-bond acceptors (Lipinski definition) is 8. The maximum absolute atomic E-state index is 13.5. The van der Waals surface area contributed by atoms with Crippen molar-refractivity contribution >= 4 is 33.9 Å². The van der Waals surface area contributed by atoms with E-state index in [1.807, 2.05) is 31.2 Å². The zero-order valence-corrected chi connectivity index (χ0v) is 25.2. The number of nitrogens with zero attached hydrogens (tertiary/aromatic N) is 2. The summed E-state index contributed by atoms with van der Waals surface area (Å²) in [7, 11) is 1.54. The van der Waals surface area contributed by atoms with Gasteiger partial charge in [-0.05, 0) is 66.4 Å². The maximum Gasteiger partial charge on any atom is 0.301 e. The van der Waals surface area contributed by atoms with Gasteiger partial charge in [0.2, 0.25) is 0 Å². The van der Waals surface area contributed by atoms with Crippen LogP contribution in [0.1, 0.15) is 54.5 Å². The number of Topliss-reactive ketones (excluding diaryl/α,β-unsaturated/α-hetero) is 1. The third-order valence-electron chi connectivity index (χ3n) is 7.36. The number of carbonyl (C=O) groups excluding carboxylic acids is 2. The molecule has 1 aromatic heterocycles. The van der Waals surface area contributed by atoms with E-state index in [1.165, 1.54) is 16.2 Å². The number of aromatic nitrogens is 1. The average molecular weight is 599 g/mol. The highest BCUT2D eigenvalue weighted by Crippen LogP contribution is 2.44. The molecular formula is C34H34N2O6S. The Morgan fingerprint density at radius 3 is 2.49 bits per heavy atom. The summed E-state index contributed by atoms with van der Waals surface area (Å²) in [6, 6.07) is 19.1. The number of anilines is 1. The molecule has 0 spiro atoms. The van der Waals surface area contributed by atoms with Gasteiger partial charge in [-0.1, -0.05) is 50.1 Å². The molecule has 3 aromatic carbocycles. The molecule has 43 heavy (non-hydrogen) atoms. The minimum absolute atomic E-state index is 0.0348. The van der Waals surface area contributed by atoms with Crippen LogP contribution in [0.2, 0.25) is 0 Å². The summed E-state index contributed by atoms with van der Waals surface area (Å²) in [6.45, 7) is 5.10. The van der Waals surface area contributed by atoms with Gasteiger partial charge in [-0.2, -0.15) is 0 Å². The van der Waals surface area contributed by atoms with Crippen molar-refractivity contribution in [3.63, 3.8) is 0 Å². The standard InChI is InChI=1S/C34H34N2O6S/c1-4-5-8-18-41-27-16-13-24(20-28(27)40-3)30-29(32(38)33(39)36(30)34-35-17-19-43-34)31(37)23-11-14-26(15-12-23)42-21-25-10-7-6-9-22(25)2/h6-7,9-17,19-20,30,37H,4-5,8,18,21H2,1-3H3/b31-29+. The molecule has 1 aliphatic heterocycles. The largest absolute Gasteiger partial charge is 0.507 e. The van der Waals surface area contributed by atoms with Crippen molar-refractivity contribution in [2.45, 2.75) is 45.8 Å². The van der Waals surface area contributed by atoms with Crippen LogP contribution >= 0.6 is 11.3 Å². The van der Waals surface area contributed by atoms with E-state index in [-0.39, 0.29) is 11.3 Å². The van der Waals surface area contributed by atoms with Gasteiger partial charge in [-0.25, -0.2) is 4.98 Å². The Kier molecular flexibility index (Phi) is 9.41. The van der Waals surface area contributed by atoms with Crippen LogP contribution in [0.25, 0.3) is 5.76 Å². The van der Waals surface area contributed by atoms with E-state index in [4.69, 9.17) is 14.2 Å². The van der Waals surface area contributed by atoms with E-state index >= 15 is 0 Å². The van der Waals surface area contributed by atoms with Gasteiger partial charge in [0.15, 0.2) is 16.6 Å². The number of ether oxygens (including phenoxy) is 3. The molecule has 1 amide bonds. The quantitative estimate of drug-likeness (QED) is 0.0795. The highest BCUT2D eigenvalue weighted by molar-refractivity contribution is 7.14. The van der Waals surface area contributed by atoms with Gasteiger partial charge in [-0.15, -0.1) is 11.3 Å². The normalized spacial score (nSPS) is 16.0. The van der Waals surface area contributed by atoms with Gasteiger partial charge >= 0.3 is 5.91 Å². The number of ketones is 1. The number of carbonyl (C=O) groups is 2. The molecule has 9 heteroatoms. The van der Waals surface area contributed by atoms with Crippen LogP contribution in [0.4, 0.5) is 5.13 Å². The molecule has 0 radical (unpaired) electrons. The molecule has 0 bridgehead atoms. The van der Waals surface area contributed by atoms with Gasteiger partial charge in [0, 0.05) is 17.1 Å². The lowest BCUT2D eigenvalue weighted by molar-refractivity contribution is -0.132. The molecule has 1 aliphatic rings. The topological polar surface area (TPSA) is 98.2 Å². The summed E-state index contributed by atoms with van der Waals surface area (Å²) in [4.78, 5) is 32.5. The van der Waals surface area contributed by atoms with Crippen LogP contribution in [0, 0.1) is 6.92 Å². The van der Waals surface area contributed by atoms with Crippen LogP contribution < -0.4 is 19.1 Å². The Morgan fingerprint density at radius 1 is 1.00 bits per heavy atom. The summed E-state index contributed by atoms with van der Waals surface area (Å²) in [5, 5.41) is 13.6. The Bertz CT molecular complexity index is 1610. The molecule has 0 aliphatic carbocycles. The number of aliphatic hydroxyl groups is 1. The zero-order valence-electron chi connectivity index (χ0n) is 24.4. The molecule has 1 unspecified atom stereocenters. The first-order valence-electron chi connectivity index (χ1n) is 14.2. The van der Waals surface area contributed by atoms with E-state index in [0.717, 1.165) is 30.4 Å². The number of hydrogen-bond donors (Lipinski definition) is 1. The minimum atomic E-state index is -0.925. The minimum Gasteiger partial charge on any atom is -0.507 e. The van der Waals surface area contributed by atoms with Crippen LogP contribution in [0.3, 0.4) is 0 Å². The maximum atomic E-state index is 13.5. The molecule has 1 saturated heterocycles. The van der Waals surface area contributed by atoms with Crippen molar-refractivity contribution in [3.05, 3.63) is 106 Å². The molecule has 1 N–H and O–H groups in total.